The maximum Gasteiger partial charge on any atom is 0.326 e. The third-order valence-electron chi connectivity index (χ3n) is 4.36. The van der Waals surface area contributed by atoms with Gasteiger partial charge in [0, 0.05) is 6.42 Å². The van der Waals surface area contributed by atoms with Crippen molar-refractivity contribution in [2.75, 3.05) is 6.54 Å². The number of nitrogens with one attached hydrogen (secondary N) is 3. The Kier molecular flexibility index (Phi) is 13.2. The van der Waals surface area contributed by atoms with Gasteiger partial charge in [0.2, 0.25) is 23.6 Å². The number of amides is 4. The van der Waals surface area contributed by atoms with Gasteiger partial charge >= 0.3 is 11.9 Å². The van der Waals surface area contributed by atoms with Crippen molar-refractivity contribution in [3.05, 3.63) is 0 Å². The molecule has 0 saturated carbocycles. The molecule has 11 N–H and O–H groups in total. The molecule has 0 heterocycles. The van der Waals surface area contributed by atoms with E-state index in [2.05, 4.69) is 16.0 Å². The van der Waals surface area contributed by atoms with Gasteiger partial charge in [0.1, 0.15) is 18.1 Å². The molecular formula is C18H32N6O8. The Morgan fingerprint density at radius 1 is 0.844 bits per heavy atom. The third kappa shape index (κ3) is 11.8. The van der Waals surface area contributed by atoms with Crippen LogP contribution in [0.5, 0.6) is 0 Å². The Bertz CT molecular complexity index is 701. The first kappa shape index (κ1) is 28.7. The van der Waals surface area contributed by atoms with Gasteiger partial charge in [0.25, 0.3) is 0 Å². The number of carboxylic acids is 2. The highest BCUT2D eigenvalue weighted by Crippen LogP contribution is 2.04. The van der Waals surface area contributed by atoms with E-state index in [0.717, 1.165) is 0 Å². The summed E-state index contributed by atoms with van der Waals surface area (Å²) in [5.41, 5.74) is 16.0. The van der Waals surface area contributed by atoms with Crippen molar-refractivity contribution in [3.8, 4) is 0 Å². The highest BCUT2D eigenvalue weighted by Gasteiger charge is 2.28. The molecule has 0 aliphatic carbocycles. The lowest BCUT2D eigenvalue weighted by Crippen LogP contribution is -2.56. The largest absolute Gasteiger partial charge is 0.481 e. The quantitative estimate of drug-likeness (QED) is 0.107. The van der Waals surface area contributed by atoms with Gasteiger partial charge in [-0.2, -0.15) is 0 Å². The van der Waals surface area contributed by atoms with E-state index in [1.807, 2.05) is 0 Å². The molecule has 14 nitrogen and oxygen atoms in total. The van der Waals surface area contributed by atoms with Gasteiger partial charge in [-0.25, -0.2) is 4.79 Å². The number of carboxylic acid groups (broad SMARTS) is 2. The average Bonchev–Trinajstić information content (AvgIpc) is 2.69. The van der Waals surface area contributed by atoms with E-state index in [-0.39, 0.29) is 19.3 Å². The molecule has 4 unspecified atom stereocenters. The number of carbonyl (C=O) groups is 6. The highest BCUT2D eigenvalue weighted by atomic mass is 16.4. The van der Waals surface area contributed by atoms with Crippen LogP contribution in [0.4, 0.5) is 0 Å². The van der Waals surface area contributed by atoms with Crippen LogP contribution < -0.4 is 33.2 Å². The topological polar surface area (TPSA) is 257 Å². The van der Waals surface area contributed by atoms with Crippen molar-refractivity contribution in [2.45, 2.75) is 69.6 Å². The Morgan fingerprint density at radius 3 is 1.94 bits per heavy atom. The summed E-state index contributed by atoms with van der Waals surface area (Å²) in [4.78, 5) is 69.8. The monoisotopic (exact) mass is 460 g/mol. The lowest BCUT2D eigenvalue weighted by Gasteiger charge is -2.23. The van der Waals surface area contributed by atoms with Crippen LogP contribution in [0.15, 0.2) is 0 Å². The molecule has 0 aliphatic rings. The van der Waals surface area contributed by atoms with Crippen LogP contribution in [-0.2, 0) is 28.8 Å². The molecule has 0 aromatic rings. The van der Waals surface area contributed by atoms with E-state index in [9.17, 15) is 28.8 Å². The van der Waals surface area contributed by atoms with Crippen LogP contribution in [-0.4, -0.2) is 76.5 Å². The fourth-order valence-electron chi connectivity index (χ4n) is 2.53. The van der Waals surface area contributed by atoms with Crippen molar-refractivity contribution in [2.24, 2.45) is 17.2 Å². The molecule has 4 amide bonds. The van der Waals surface area contributed by atoms with Gasteiger partial charge in [0.05, 0.1) is 12.5 Å². The standard InChI is InChI=1S/C18H32N6O8/c1-9(15(28)24-12(18(31)32)8-13(21)25)22-17(30)11(4-2-3-7-19)23-16(29)10(20)5-6-14(26)27/h9-12H,2-8,19-20H2,1H3,(H2,21,25)(H,22,30)(H,23,29)(H,24,28)(H,26,27)(H,31,32). The number of hydrogen-bond donors (Lipinski definition) is 8. The van der Waals surface area contributed by atoms with E-state index in [1.165, 1.54) is 6.92 Å². The maximum absolute atomic E-state index is 12.6. The fourth-order valence-corrected chi connectivity index (χ4v) is 2.53. The molecule has 0 aromatic carbocycles. The summed E-state index contributed by atoms with van der Waals surface area (Å²) >= 11 is 0. The van der Waals surface area contributed by atoms with Crippen LogP contribution in [0.1, 0.15) is 45.4 Å². The van der Waals surface area contributed by atoms with Crippen LogP contribution in [0, 0.1) is 0 Å². The molecule has 0 saturated heterocycles. The first-order chi connectivity index (χ1) is 14.9. The molecule has 32 heavy (non-hydrogen) atoms. The number of aliphatic carboxylic acids is 2. The van der Waals surface area contributed by atoms with Gasteiger partial charge < -0.3 is 43.4 Å². The Morgan fingerprint density at radius 2 is 1.44 bits per heavy atom. The van der Waals surface area contributed by atoms with Crippen LogP contribution in [0.2, 0.25) is 0 Å². The van der Waals surface area contributed by atoms with Gasteiger partial charge in [-0.15, -0.1) is 0 Å². The number of hydrogen-bond acceptors (Lipinski definition) is 8. The zero-order valence-corrected chi connectivity index (χ0v) is 17.8. The molecule has 0 fully saturated rings. The van der Waals surface area contributed by atoms with Crippen molar-refractivity contribution in [1.82, 2.24) is 16.0 Å². The van der Waals surface area contributed by atoms with Crippen LogP contribution in [0.3, 0.4) is 0 Å². The molecule has 0 rings (SSSR count). The summed E-state index contributed by atoms with van der Waals surface area (Å²) in [5.74, 6) is -5.87. The van der Waals surface area contributed by atoms with Gasteiger partial charge in [-0.1, -0.05) is 0 Å². The molecule has 0 bridgehead atoms. The fraction of sp³-hybridized carbons (Fsp3) is 0.667. The van der Waals surface area contributed by atoms with Gasteiger partial charge in [0.15, 0.2) is 0 Å². The summed E-state index contributed by atoms with van der Waals surface area (Å²) in [5, 5.41) is 24.6. The van der Waals surface area contributed by atoms with E-state index < -0.39 is 66.2 Å². The second-order valence-corrected chi connectivity index (χ2v) is 7.18. The molecule has 0 aromatic heterocycles. The van der Waals surface area contributed by atoms with E-state index in [1.54, 1.807) is 0 Å². The molecule has 14 heteroatoms. The van der Waals surface area contributed by atoms with E-state index >= 15 is 0 Å². The van der Waals surface area contributed by atoms with Gasteiger partial charge in [-0.05, 0) is 39.2 Å². The first-order valence-corrected chi connectivity index (χ1v) is 9.98. The zero-order chi connectivity index (χ0) is 24.8. The highest BCUT2D eigenvalue weighted by molar-refractivity contribution is 5.94. The maximum atomic E-state index is 12.6. The summed E-state index contributed by atoms with van der Waals surface area (Å²) in [7, 11) is 0. The van der Waals surface area contributed by atoms with Crippen molar-refractivity contribution >= 4 is 35.6 Å². The van der Waals surface area contributed by atoms with Crippen molar-refractivity contribution in [1.29, 1.82) is 0 Å². The molecule has 0 radical (unpaired) electrons. The van der Waals surface area contributed by atoms with E-state index in [4.69, 9.17) is 27.4 Å². The SMILES string of the molecule is CC(NC(=O)C(CCCCN)NC(=O)C(N)CCC(=O)O)C(=O)NC(CC(N)=O)C(=O)O. The molecule has 0 aliphatic heterocycles. The lowest BCUT2D eigenvalue weighted by atomic mass is 10.1. The number of unbranched alkanes of at least 4 members (excludes halogenated alkanes) is 1. The number of rotatable bonds is 16. The normalized spacial score (nSPS) is 14.3. The Hall–Kier alpha value is -3.26. The second-order valence-electron chi connectivity index (χ2n) is 7.18. The number of carbonyl (C=O) groups excluding carboxylic acids is 4. The molecule has 182 valence electrons. The summed E-state index contributed by atoms with van der Waals surface area (Å²) < 4.78 is 0. The predicted molar refractivity (Wildman–Crippen MR) is 111 cm³/mol. The van der Waals surface area contributed by atoms with Crippen molar-refractivity contribution < 1.29 is 39.0 Å². The second kappa shape index (κ2) is 14.7. The first-order valence-electron chi connectivity index (χ1n) is 9.98. The summed E-state index contributed by atoms with van der Waals surface area (Å²) in [6, 6.07) is -5.00. The minimum atomic E-state index is -1.56. The molecule has 4 atom stereocenters. The zero-order valence-electron chi connectivity index (χ0n) is 17.8. The molecule has 0 spiro atoms. The molecular weight excluding hydrogens is 428 g/mol. The van der Waals surface area contributed by atoms with Gasteiger partial charge in [-0.3, -0.25) is 24.0 Å². The van der Waals surface area contributed by atoms with E-state index in [0.29, 0.717) is 19.4 Å². The van der Waals surface area contributed by atoms with Crippen molar-refractivity contribution in [3.63, 3.8) is 0 Å². The minimum Gasteiger partial charge on any atom is -0.481 e. The number of nitrogens with two attached hydrogens (primary N) is 3. The summed E-state index contributed by atoms with van der Waals surface area (Å²) in [6.07, 6.45) is 0.120. The lowest BCUT2D eigenvalue weighted by molar-refractivity contribution is -0.143. The summed E-state index contributed by atoms with van der Waals surface area (Å²) in [6.45, 7) is 1.64. The Balaban J connectivity index is 5.08. The smallest absolute Gasteiger partial charge is 0.326 e. The van der Waals surface area contributed by atoms with Crippen LogP contribution in [0.25, 0.3) is 0 Å². The van der Waals surface area contributed by atoms with Crippen LogP contribution >= 0.6 is 0 Å². The average molecular weight is 460 g/mol. The minimum absolute atomic E-state index is 0.131. The Labute approximate surface area is 184 Å². The third-order valence-corrected chi connectivity index (χ3v) is 4.36. The number of primary amides is 1. The predicted octanol–water partition coefficient (Wildman–Crippen LogP) is -3.26.